The molecule has 1 unspecified atom stereocenters. The van der Waals surface area contributed by atoms with Crippen molar-refractivity contribution in [1.29, 1.82) is 0 Å². The lowest BCUT2D eigenvalue weighted by molar-refractivity contribution is -0.137. The van der Waals surface area contributed by atoms with E-state index in [1.165, 1.54) is 0 Å². The summed E-state index contributed by atoms with van der Waals surface area (Å²) >= 11 is 0. The van der Waals surface area contributed by atoms with Crippen LogP contribution in [-0.2, 0) is 19.4 Å². The van der Waals surface area contributed by atoms with Gasteiger partial charge in [-0.1, -0.05) is 18.2 Å². The van der Waals surface area contributed by atoms with Crippen LogP contribution in [0.4, 0.5) is 0 Å². The van der Waals surface area contributed by atoms with E-state index >= 15 is 0 Å². The van der Waals surface area contributed by atoms with Crippen LogP contribution >= 0.6 is 0 Å². The maximum absolute atomic E-state index is 12.7. The number of ether oxygens (including phenoxy) is 1. The molecule has 1 aliphatic heterocycles. The molecule has 2 fully saturated rings. The average Bonchev–Trinajstić information content (AvgIpc) is 3.42. The molecule has 9 heteroatoms. The fourth-order valence-electron chi connectivity index (χ4n) is 3.71. The molecule has 0 radical (unpaired) electrons. The number of nitrogens with one attached hydrogen (secondary N) is 1. The third-order valence-electron chi connectivity index (χ3n) is 5.13. The summed E-state index contributed by atoms with van der Waals surface area (Å²) in [5, 5.41) is 0.528. The second-order valence-electron chi connectivity index (χ2n) is 7.26. The lowest BCUT2D eigenvalue weighted by Crippen LogP contribution is -2.44. The van der Waals surface area contributed by atoms with Crippen molar-refractivity contribution in [3.63, 3.8) is 0 Å². The predicted molar refractivity (Wildman–Crippen MR) is 102 cm³/mol. The van der Waals surface area contributed by atoms with Crippen LogP contribution in [-0.4, -0.2) is 60.4 Å². The molecule has 1 aromatic carbocycles. The first-order chi connectivity index (χ1) is 13.3. The van der Waals surface area contributed by atoms with E-state index in [2.05, 4.69) is 4.98 Å². The molecule has 2 heterocycles. The highest BCUT2D eigenvalue weighted by molar-refractivity contribution is 7.91. The molecule has 1 atom stereocenters. The predicted octanol–water partition coefficient (Wildman–Crippen LogP) is 0.863. The Morgan fingerprint density at radius 1 is 1.14 bits per heavy atom. The summed E-state index contributed by atoms with van der Waals surface area (Å²) in [6.45, 7) is -0.479. The number of rotatable bonds is 5. The van der Waals surface area contributed by atoms with Crippen molar-refractivity contribution in [2.24, 2.45) is 0 Å². The Bertz CT molecular complexity index is 1100. The molecule has 28 heavy (non-hydrogen) atoms. The summed E-state index contributed by atoms with van der Waals surface area (Å²) in [6, 6.07) is 7.64. The number of nitrogens with zero attached hydrogens (tertiary/aromatic N) is 1. The van der Waals surface area contributed by atoms with Gasteiger partial charge in [-0.3, -0.25) is 9.59 Å². The largest absolute Gasteiger partial charge is 0.452 e. The SMILES string of the molecule is O=C(OCC(=O)N(C1CC1)C1CCS(=O)(=O)C1)c1cc(=O)[nH]c2ccccc12. The average molecular weight is 404 g/mol. The van der Waals surface area contributed by atoms with Gasteiger partial charge in [-0.25, -0.2) is 13.2 Å². The zero-order chi connectivity index (χ0) is 19.9. The van der Waals surface area contributed by atoms with Gasteiger partial charge in [0.1, 0.15) is 0 Å². The zero-order valence-corrected chi connectivity index (χ0v) is 15.9. The van der Waals surface area contributed by atoms with Gasteiger partial charge in [0.15, 0.2) is 16.4 Å². The number of sulfone groups is 1. The molecule has 1 saturated carbocycles. The molecule has 0 bridgehead atoms. The van der Waals surface area contributed by atoms with Gasteiger partial charge in [0.05, 0.1) is 17.1 Å². The number of carbonyl (C=O) groups is 2. The number of aromatic amines is 1. The molecule has 0 spiro atoms. The summed E-state index contributed by atoms with van der Waals surface area (Å²) in [4.78, 5) is 41.2. The first-order valence-corrected chi connectivity index (χ1v) is 11.0. The van der Waals surface area contributed by atoms with Crippen LogP contribution in [0.2, 0.25) is 0 Å². The lowest BCUT2D eigenvalue weighted by Gasteiger charge is -2.28. The van der Waals surface area contributed by atoms with Crippen molar-refractivity contribution in [1.82, 2.24) is 9.88 Å². The molecule has 1 aliphatic carbocycles. The van der Waals surface area contributed by atoms with E-state index in [1.807, 2.05) is 0 Å². The molecule has 2 aliphatic rings. The highest BCUT2D eigenvalue weighted by Crippen LogP contribution is 2.32. The number of pyridine rings is 1. The number of para-hydroxylation sites is 1. The molecule has 1 N–H and O–H groups in total. The van der Waals surface area contributed by atoms with Crippen molar-refractivity contribution in [2.45, 2.75) is 31.3 Å². The molecule has 4 rings (SSSR count). The van der Waals surface area contributed by atoms with E-state index in [1.54, 1.807) is 29.2 Å². The molecule has 2 aromatic rings. The van der Waals surface area contributed by atoms with Gasteiger partial charge in [-0.15, -0.1) is 0 Å². The standard InChI is InChI=1S/C19H20N2O6S/c22-17-9-15(14-3-1-2-4-16(14)20-17)19(24)27-10-18(23)21(12-5-6-12)13-7-8-28(25,26)11-13/h1-4,9,12-13H,5-8,10-11H2,(H,20,22). The fourth-order valence-corrected chi connectivity index (χ4v) is 5.42. The van der Waals surface area contributed by atoms with Crippen LogP contribution in [0.5, 0.6) is 0 Å². The third kappa shape index (κ3) is 3.80. The Morgan fingerprint density at radius 3 is 2.57 bits per heavy atom. The first-order valence-electron chi connectivity index (χ1n) is 9.15. The summed E-state index contributed by atoms with van der Waals surface area (Å²) in [6.07, 6.45) is 2.07. The highest BCUT2D eigenvalue weighted by atomic mass is 32.2. The van der Waals surface area contributed by atoms with E-state index in [0.29, 0.717) is 17.3 Å². The molecular weight excluding hydrogens is 384 g/mol. The normalized spacial score (nSPS) is 20.8. The van der Waals surface area contributed by atoms with E-state index in [0.717, 1.165) is 18.9 Å². The molecule has 1 aromatic heterocycles. The zero-order valence-electron chi connectivity index (χ0n) is 15.1. The van der Waals surface area contributed by atoms with Gasteiger partial charge < -0.3 is 14.6 Å². The lowest BCUT2D eigenvalue weighted by atomic mass is 10.1. The van der Waals surface area contributed by atoms with Crippen LogP contribution in [0, 0.1) is 0 Å². The number of hydrogen-bond acceptors (Lipinski definition) is 6. The van der Waals surface area contributed by atoms with Gasteiger partial charge in [0, 0.05) is 29.1 Å². The molecule has 1 saturated heterocycles. The summed E-state index contributed by atoms with van der Waals surface area (Å²) in [5.74, 6) is -1.12. The maximum atomic E-state index is 12.7. The van der Waals surface area contributed by atoms with Crippen LogP contribution in [0.25, 0.3) is 10.9 Å². The van der Waals surface area contributed by atoms with E-state index in [9.17, 15) is 22.8 Å². The minimum absolute atomic E-state index is 0.0184. The minimum Gasteiger partial charge on any atom is -0.452 e. The quantitative estimate of drug-likeness (QED) is 0.740. The molecular formula is C19H20N2O6S. The first kappa shape index (κ1) is 18.7. The fraction of sp³-hybridized carbons (Fsp3) is 0.421. The maximum Gasteiger partial charge on any atom is 0.339 e. The smallest absolute Gasteiger partial charge is 0.339 e. The van der Waals surface area contributed by atoms with Crippen LogP contribution < -0.4 is 5.56 Å². The highest BCUT2D eigenvalue weighted by Gasteiger charge is 2.42. The van der Waals surface area contributed by atoms with Crippen molar-refractivity contribution >= 4 is 32.6 Å². The summed E-state index contributed by atoms with van der Waals surface area (Å²) in [7, 11) is -3.12. The van der Waals surface area contributed by atoms with Gasteiger partial charge >= 0.3 is 5.97 Å². The molecule has 148 valence electrons. The number of carbonyl (C=O) groups excluding carboxylic acids is 2. The second-order valence-corrected chi connectivity index (χ2v) is 9.49. The molecule has 1 amide bonds. The van der Waals surface area contributed by atoms with Crippen molar-refractivity contribution < 1.29 is 22.7 Å². The Morgan fingerprint density at radius 2 is 1.89 bits per heavy atom. The minimum atomic E-state index is -3.12. The van der Waals surface area contributed by atoms with Crippen LogP contribution in [0.3, 0.4) is 0 Å². The number of fused-ring (bicyclic) bond motifs is 1. The Hall–Kier alpha value is -2.68. The summed E-state index contributed by atoms with van der Waals surface area (Å²) < 4.78 is 28.7. The summed E-state index contributed by atoms with van der Waals surface area (Å²) in [5.41, 5.74) is 0.158. The number of benzene rings is 1. The van der Waals surface area contributed by atoms with Crippen molar-refractivity contribution in [2.75, 3.05) is 18.1 Å². The Kier molecular flexibility index (Phi) is 4.70. The van der Waals surface area contributed by atoms with Crippen molar-refractivity contribution in [3.05, 3.63) is 46.2 Å². The van der Waals surface area contributed by atoms with Gasteiger partial charge in [0.25, 0.3) is 5.91 Å². The third-order valence-corrected chi connectivity index (χ3v) is 6.88. The van der Waals surface area contributed by atoms with Crippen LogP contribution in [0.1, 0.15) is 29.6 Å². The number of aromatic nitrogens is 1. The number of H-pyrrole nitrogens is 1. The number of amides is 1. The Labute approximate surface area is 161 Å². The van der Waals surface area contributed by atoms with Crippen LogP contribution in [0.15, 0.2) is 35.1 Å². The monoisotopic (exact) mass is 404 g/mol. The Balaban J connectivity index is 1.49. The van der Waals surface area contributed by atoms with E-state index in [4.69, 9.17) is 4.74 Å². The topological polar surface area (TPSA) is 114 Å². The van der Waals surface area contributed by atoms with E-state index in [-0.39, 0.29) is 29.2 Å². The van der Waals surface area contributed by atoms with Gasteiger partial charge in [-0.05, 0) is 25.3 Å². The number of hydrogen-bond donors (Lipinski definition) is 1. The van der Waals surface area contributed by atoms with Gasteiger partial charge in [-0.2, -0.15) is 0 Å². The number of esters is 1. The van der Waals surface area contributed by atoms with E-state index < -0.39 is 33.9 Å². The second kappa shape index (κ2) is 7.05. The van der Waals surface area contributed by atoms with Crippen molar-refractivity contribution in [3.8, 4) is 0 Å². The molecule has 8 nitrogen and oxygen atoms in total. The van der Waals surface area contributed by atoms with Gasteiger partial charge in [0.2, 0.25) is 5.56 Å².